The Balaban J connectivity index is 2.40. The first-order valence-electron chi connectivity index (χ1n) is 5.09. The number of phenols is 1. The number of nitrogens with zero attached hydrogens (tertiary/aromatic N) is 1. The van der Waals surface area contributed by atoms with Crippen molar-refractivity contribution in [1.29, 1.82) is 0 Å². The van der Waals surface area contributed by atoms with Crippen molar-refractivity contribution in [2.45, 2.75) is 13.5 Å². The summed E-state index contributed by atoms with van der Waals surface area (Å²) in [4.78, 5) is 2.29. The summed E-state index contributed by atoms with van der Waals surface area (Å²) in [7, 11) is 0. The number of phenolic OH excluding ortho intramolecular Hbond substituents is 1. The van der Waals surface area contributed by atoms with Crippen molar-refractivity contribution in [2.24, 2.45) is 0 Å². The van der Waals surface area contributed by atoms with E-state index in [4.69, 9.17) is 0 Å². The molecule has 0 aromatic heterocycles. The molecule has 0 atom stereocenters. The van der Waals surface area contributed by atoms with E-state index in [1.807, 2.05) is 12.1 Å². The second kappa shape index (κ2) is 3.88. The van der Waals surface area contributed by atoms with Crippen LogP contribution >= 0.6 is 0 Å². The molecular formula is C11H16N2O. The highest BCUT2D eigenvalue weighted by molar-refractivity contribution is 5.57. The molecule has 0 fully saturated rings. The Morgan fingerprint density at radius 1 is 1.50 bits per heavy atom. The fraction of sp³-hybridized carbons (Fsp3) is 0.455. The molecule has 0 amide bonds. The van der Waals surface area contributed by atoms with Gasteiger partial charge >= 0.3 is 0 Å². The highest BCUT2D eigenvalue weighted by Crippen LogP contribution is 2.26. The summed E-state index contributed by atoms with van der Waals surface area (Å²) in [5.41, 5.74) is 2.43. The van der Waals surface area contributed by atoms with Crippen molar-refractivity contribution in [3.8, 4) is 5.75 Å². The van der Waals surface area contributed by atoms with Crippen LogP contribution in [0.15, 0.2) is 18.2 Å². The molecule has 1 aromatic carbocycles. The van der Waals surface area contributed by atoms with Gasteiger partial charge in [0.1, 0.15) is 5.75 Å². The summed E-state index contributed by atoms with van der Waals surface area (Å²) in [5, 5.41) is 12.8. The average molecular weight is 192 g/mol. The van der Waals surface area contributed by atoms with Gasteiger partial charge in [-0.15, -0.1) is 0 Å². The molecule has 3 nitrogen and oxygen atoms in total. The molecule has 3 heteroatoms. The number of hydrogen-bond donors (Lipinski definition) is 2. The van der Waals surface area contributed by atoms with Crippen LogP contribution in [0, 0.1) is 0 Å². The van der Waals surface area contributed by atoms with E-state index < -0.39 is 0 Å². The zero-order chi connectivity index (χ0) is 9.97. The number of anilines is 1. The van der Waals surface area contributed by atoms with Gasteiger partial charge in [0.2, 0.25) is 0 Å². The monoisotopic (exact) mass is 192 g/mol. The lowest BCUT2D eigenvalue weighted by Crippen LogP contribution is -2.28. The molecular weight excluding hydrogens is 176 g/mol. The highest BCUT2D eigenvalue weighted by atomic mass is 16.3. The van der Waals surface area contributed by atoms with Gasteiger partial charge in [0.05, 0.1) is 0 Å². The molecule has 1 aliphatic heterocycles. The van der Waals surface area contributed by atoms with Crippen molar-refractivity contribution < 1.29 is 5.11 Å². The fourth-order valence-corrected chi connectivity index (χ4v) is 1.88. The Labute approximate surface area is 84.4 Å². The minimum atomic E-state index is 0.351. The number of nitrogens with one attached hydrogen (secondary N) is 1. The van der Waals surface area contributed by atoms with Crippen LogP contribution in [0.2, 0.25) is 0 Å². The van der Waals surface area contributed by atoms with Gasteiger partial charge in [0.25, 0.3) is 0 Å². The maximum atomic E-state index is 9.45. The molecule has 1 aromatic rings. The molecule has 0 unspecified atom stereocenters. The number of hydrogen-bond acceptors (Lipinski definition) is 3. The fourth-order valence-electron chi connectivity index (χ4n) is 1.88. The van der Waals surface area contributed by atoms with E-state index in [1.165, 1.54) is 5.56 Å². The molecule has 76 valence electrons. The number of benzene rings is 1. The zero-order valence-electron chi connectivity index (χ0n) is 8.45. The smallest absolute Gasteiger partial charge is 0.117 e. The second-order valence-corrected chi connectivity index (χ2v) is 3.57. The predicted molar refractivity (Wildman–Crippen MR) is 57.7 cm³/mol. The first kappa shape index (κ1) is 9.34. The van der Waals surface area contributed by atoms with Crippen LogP contribution in [-0.4, -0.2) is 24.7 Å². The van der Waals surface area contributed by atoms with Gasteiger partial charge in [0, 0.05) is 37.9 Å². The first-order valence-corrected chi connectivity index (χ1v) is 5.09. The van der Waals surface area contributed by atoms with E-state index >= 15 is 0 Å². The van der Waals surface area contributed by atoms with Crippen molar-refractivity contribution in [3.63, 3.8) is 0 Å². The van der Waals surface area contributed by atoms with Crippen LogP contribution in [0.3, 0.4) is 0 Å². The van der Waals surface area contributed by atoms with Gasteiger partial charge in [-0.05, 0) is 18.6 Å². The Bertz CT molecular complexity index is 325. The molecule has 0 radical (unpaired) electrons. The molecule has 0 saturated heterocycles. The average Bonchev–Trinajstić information content (AvgIpc) is 2.39. The lowest BCUT2D eigenvalue weighted by atomic mass is 10.1. The zero-order valence-corrected chi connectivity index (χ0v) is 8.45. The largest absolute Gasteiger partial charge is 0.508 e. The maximum Gasteiger partial charge on any atom is 0.117 e. The third-order valence-corrected chi connectivity index (χ3v) is 2.67. The third kappa shape index (κ3) is 1.68. The molecule has 2 N–H and O–H groups in total. The molecule has 14 heavy (non-hydrogen) atoms. The third-order valence-electron chi connectivity index (χ3n) is 2.67. The lowest BCUT2D eigenvalue weighted by molar-refractivity contribution is 0.475. The van der Waals surface area contributed by atoms with Gasteiger partial charge in [-0.25, -0.2) is 0 Å². The highest BCUT2D eigenvalue weighted by Gasteiger charge is 2.13. The van der Waals surface area contributed by atoms with Crippen molar-refractivity contribution in [3.05, 3.63) is 23.8 Å². The number of aromatic hydroxyl groups is 1. The SMILES string of the molecule is CCN1CCNCc2ccc(O)cc21. The summed E-state index contributed by atoms with van der Waals surface area (Å²) in [6.45, 7) is 6.03. The summed E-state index contributed by atoms with van der Waals surface area (Å²) >= 11 is 0. The quantitative estimate of drug-likeness (QED) is 0.704. The van der Waals surface area contributed by atoms with Gasteiger partial charge in [-0.3, -0.25) is 0 Å². The van der Waals surface area contributed by atoms with Crippen molar-refractivity contribution >= 4 is 5.69 Å². The van der Waals surface area contributed by atoms with E-state index in [-0.39, 0.29) is 0 Å². The van der Waals surface area contributed by atoms with E-state index in [0.717, 1.165) is 31.9 Å². The number of likely N-dealkylation sites (N-methyl/N-ethyl adjacent to an activating group) is 1. The molecule has 0 spiro atoms. The number of rotatable bonds is 1. The standard InChI is InChI=1S/C11H16N2O/c1-2-13-6-5-12-8-9-3-4-10(14)7-11(9)13/h3-4,7,12,14H,2,5-6,8H2,1H3. The molecule has 2 rings (SSSR count). The lowest BCUT2D eigenvalue weighted by Gasteiger charge is -2.22. The van der Waals surface area contributed by atoms with Crippen LogP contribution in [0.1, 0.15) is 12.5 Å². The molecule has 0 saturated carbocycles. The Kier molecular flexibility index (Phi) is 2.59. The summed E-state index contributed by atoms with van der Waals surface area (Å²) in [5.74, 6) is 0.351. The Morgan fingerprint density at radius 3 is 3.14 bits per heavy atom. The molecule has 1 heterocycles. The van der Waals surface area contributed by atoms with Gasteiger partial charge < -0.3 is 15.3 Å². The van der Waals surface area contributed by atoms with Crippen LogP contribution in [0.5, 0.6) is 5.75 Å². The van der Waals surface area contributed by atoms with Gasteiger partial charge in [-0.2, -0.15) is 0 Å². The van der Waals surface area contributed by atoms with Crippen LogP contribution in [0.25, 0.3) is 0 Å². The molecule has 1 aliphatic rings. The minimum absolute atomic E-state index is 0.351. The Hall–Kier alpha value is -1.22. The maximum absolute atomic E-state index is 9.45. The minimum Gasteiger partial charge on any atom is -0.508 e. The van der Waals surface area contributed by atoms with E-state index in [1.54, 1.807) is 6.07 Å². The van der Waals surface area contributed by atoms with E-state index in [0.29, 0.717) is 5.75 Å². The van der Waals surface area contributed by atoms with Crippen LogP contribution in [-0.2, 0) is 6.54 Å². The summed E-state index contributed by atoms with van der Waals surface area (Å²) in [6.07, 6.45) is 0. The van der Waals surface area contributed by atoms with E-state index in [2.05, 4.69) is 17.1 Å². The summed E-state index contributed by atoms with van der Waals surface area (Å²) in [6, 6.07) is 5.59. The first-order chi connectivity index (χ1) is 6.81. The normalized spacial score (nSPS) is 16.2. The van der Waals surface area contributed by atoms with Crippen LogP contribution in [0.4, 0.5) is 5.69 Å². The second-order valence-electron chi connectivity index (χ2n) is 3.57. The van der Waals surface area contributed by atoms with Gasteiger partial charge in [-0.1, -0.05) is 6.07 Å². The van der Waals surface area contributed by atoms with E-state index in [9.17, 15) is 5.11 Å². The van der Waals surface area contributed by atoms with Crippen molar-refractivity contribution in [2.75, 3.05) is 24.5 Å². The van der Waals surface area contributed by atoms with Gasteiger partial charge in [0.15, 0.2) is 0 Å². The summed E-state index contributed by atoms with van der Waals surface area (Å²) < 4.78 is 0. The van der Waals surface area contributed by atoms with Crippen molar-refractivity contribution in [1.82, 2.24) is 5.32 Å². The topological polar surface area (TPSA) is 35.5 Å². The molecule has 0 bridgehead atoms. The number of fused-ring (bicyclic) bond motifs is 1. The molecule has 0 aliphatic carbocycles. The Morgan fingerprint density at radius 2 is 2.36 bits per heavy atom. The van der Waals surface area contributed by atoms with Crippen LogP contribution < -0.4 is 10.2 Å². The predicted octanol–water partition coefficient (Wildman–Crippen LogP) is 1.32.